The summed E-state index contributed by atoms with van der Waals surface area (Å²) in [5.74, 6) is 1.61. The summed E-state index contributed by atoms with van der Waals surface area (Å²) in [6.45, 7) is 4.55. The monoisotopic (exact) mass is 407 g/mol. The first-order chi connectivity index (χ1) is 14.3. The van der Waals surface area contributed by atoms with Crippen LogP contribution in [0.2, 0.25) is 0 Å². The molecule has 29 heavy (non-hydrogen) atoms. The lowest BCUT2D eigenvalue weighted by Gasteiger charge is -2.36. The lowest BCUT2D eigenvalue weighted by molar-refractivity contribution is 0.109. The van der Waals surface area contributed by atoms with E-state index in [1.807, 2.05) is 18.2 Å². The van der Waals surface area contributed by atoms with Crippen LogP contribution in [0.3, 0.4) is 0 Å². The molecule has 0 unspecified atom stereocenters. The highest BCUT2D eigenvalue weighted by Crippen LogP contribution is 2.35. The van der Waals surface area contributed by atoms with Gasteiger partial charge >= 0.3 is 0 Å². The Morgan fingerprint density at radius 3 is 2.79 bits per heavy atom. The number of hydrogen-bond acceptors (Lipinski definition) is 8. The molecule has 0 spiro atoms. The fraction of sp³-hybridized carbons (Fsp3) is 0.381. The fourth-order valence-electron chi connectivity index (χ4n) is 3.92. The van der Waals surface area contributed by atoms with Gasteiger partial charge in [0.1, 0.15) is 23.2 Å². The molecule has 5 rings (SSSR count). The topological polar surface area (TPSA) is 74.5 Å². The zero-order valence-electron chi connectivity index (χ0n) is 16.2. The van der Waals surface area contributed by atoms with Gasteiger partial charge in [-0.25, -0.2) is 9.97 Å². The van der Waals surface area contributed by atoms with E-state index in [-0.39, 0.29) is 0 Å². The zero-order valence-corrected chi connectivity index (χ0v) is 17.0. The molecule has 3 aromatic rings. The second kappa shape index (κ2) is 7.50. The summed E-state index contributed by atoms with van der Waals surface area (Å²) in [7, 11) is 1.68. The summed E-state index contributed by atoms with van der Waals surface area (Å²) < 4.78 is 12.1. The van der Waals surface area contributed by atoms with Gasteiger partial charge in [-0.3, -0.25) is 0 Å². The third-order valence-corrected chi connectivity index (χ3v) is 6.55. The lowest BCUT2D eigenvalue weighted by atomic mass is 10.1. The van der Waals surface area contributed by atoms with Gasteiger partial charge < -0.3 is 19.3 Å². The molecule has 0 bridgehead atoms. The molecule has 148 valence electrons. The van der Waals surface area contributed by atoms with Crippen LogP contribution >= 0.6 is 11.3 Å². The quantitative estimate of drug-likeness (QED) is 0.661. The number of methoxy groups -OCH3 is 1. The highest BCUT2D eigenvalue weighted by molar-refractivity contribution is 7.22. The van der Waals surface area contributed by atoms with E-state index in [0.29, 0.717) is 18.8 Å². The minimum absolute atomic E-state index is 0.548. The third kappa shape index (κ3) is 3.26. The molecule has 2 aromatic heterocycles. The number of thiazole rings is 1. The normalized spacial score (nSPS) is 16.6. The molecule has 0 atom stereocenters. The molecule has 0 saturated carbocycles. The lowest BCUT2D eigenvalue weighted by Crippen LogP contribution is -2.47. The molecule has 7 nitrogen and oxygen atoms in total. The van der Waals surface area contributed by atoms with Gasteiger partial charge in [-0.05, 0) is 18.2 Å². The fourth-order valence-corrected chi connectivity index (χ4v) is 4.95. The Bertz CT molecular complexity index is 1100. The number of fused-ring (bicyclic) bond motifs is 2. The first-order valence-corrected chi connectivity index (χ1v) is 10.5. The number of aromatic nitrogens is 2. The van der Waals surface area contributed by atoms with E-state index in [2.05, 4.69) is 21.9 Å². The highest BCUT2D eigenvalue weighted by Gasteiger charge is 2.25. The predicted octanol–water partition coefficient (Wildman–Crippen LogP) is 2.97. The van der Waals surface area contributed by atoms with Crippen LogP contribution in [0.25, 0.3) is 10.2 Å². The first-order valence-electron chi connectivity index (χ1n) is 9.71. The smallest absolute Gasteiger partial charge is 0.186 e. The van der Waals surface area contributed by atoms with Crippen molar-refractivity contribution in [3.05, 3.63) is 41.1 Å². The second-order valence-corrected chi connectivity index (χ2v) is 8.17. The number of pyridine rings is 1. The average molecular weight is 407 g/mol. The Morgan fingerprint density at radius 2 is 2.00 bits per heavy atom. The number of para-hydroxylation sites is 1. The van der Waals surface area contributed by atoms with E-state index in [4.69, 9.17) is 19.4 Å². The van der Waals surface area contributed by atoms with Crippen molar-refractivity contribution in [3.63, 3.8) is 0 Å². The number of benzene rings is 1. The van der Waals surface area contributed by atoms with Gasteiger partial charge in [-0.2, -0.15) is 5.26 Å². The third-order valence-electron chi connectivity index (χ3n) is 5.47. The van der Waals surface area contributed by atoms with Crippen molar-refractivity contribution in [2.45, 2.75) is 13.0 Å². The number of nitriles is 1. The first kappa shape index (κ1) is 18.2. The maximum atomic E-state index is 9.62. The Labute approximate surface area is 173 Å². The van der Waals surface area contributed by atoms with Crippen LogP contribution in [-0.4, -0.2) is 49.9 Å². The molecule has 1 fully saturated rings. The Kier molecular flexibility index (Phi) is 4.70. The summed E-state index contributed by atoms with van der Waals surface area (Å²) in [6.07, 6.45) is 0.807. The summed E-state index contributed by atoms with van der Waals surface area (Å²) in [5.41, 5.74) is 3.65. The van der Waals surface area contributed by atoms with Gasteiger partial charge in [0, 0.05) is 38.2 Å². The number of piperazine rings is 1. The van der Waals surface area contributed by atoms with Crippen LogP contribution in [0.4, 0.5) is 10.9 Å². The van der Waals surface area contributed by atoms with Crippen LogP contribution in [-0.2, 0) is 17.8 Å². The summed E-state index contributed by atoms with van der Waals surface area (Å²) >= 11 is 1.69. The molecule has 0 amide bonds. The molecular formula is C21H21N5O2S. The van der Waals surface area contributed by atoms with Crippen molar-refractivity contribution in [1.82, 2.24) is 9.97 Å². The van der Waals surface area contributed by atoms with E-state index >= 15 is 0 Å². The van der Waals surface area contributed by atoms with Crippen LogP contribution in [0, 0.1) is 11.3 Å². The summed E-state index contributed by atoms with van der Waals surface area (Å²) in [6, 6.07) is 10.3. The molecule has 2 aliphatic rings. The summed E-state index contributed by atoms with van der Waals surface area (Å²) in [4.78, 5) is 14.2. The van der Waals surface area contributed by atoms with E-state index in [1.54, 1.807) is 18.4 Å². The largest absolute Gasteiger partial charge is 0.494 e. The van der Waals surface area contributed by atoms with Crippen molar-refractivity contribution < 1.29 is 9.47 Å². The number of hydrogen-bond donors (Lipinski definition) is 0. The molecular weight excluding hydrogens is 386 g/mol. The van der Waals surface area contributed by atoms with E-state index < -0.39 is 0 Å². The minimum Gasteiger partial charge on any atom is -0.494 e. The maximum Gasteiger partial charge on any atom is 0.186 e. The van der Waals surface area contributed by atoms with Crippen molar-refractivity contribution in [1.29, 1.82) is 5.26 Å². The molecule has 0 N–H and O–H groups in total. The molecule has 8 heteroatoms. The molecule has 0 radical (unpaired) electrons. The van der Waals surface area contributed by atoms with Gasteiger partial charge in [-0.15, -0.1) is 0 Å². The molecule has 4 heterocycles. The van der Waals surface area contributed by atoms with E-state index in [0.717, 1.165) is 70.8 Å². The maximum absolute atomic E-state index is 9.62. The van der Waals surface area contributed by atoms with Crippen LogP contribution < -0.4 is 14.5 Å². The molecule has 1 aromatic carbocycles. The highest BCUT2D eigenvalue weighted by atomic mass is 32.1. The van der Waals surface area contributed by atoms with Crippen LogP contribution in [0.1, 0.15) is 16.8 Å². The number of anilines is 2. The average Bonchev–Trinajstić information content (AvgIpc) is 3.22. The summed E-state index contributed by atoms with van der Waals surface area (Å²) in [5, 5.41) is 10.6. The predicted molar refractivity (Wildman–Crippen MR) is 113 cm³/mol. The Morgan fingerprint density at radius 1 is 1.17 bits per heavy atom. The number of ether oxygens (including phenoxy) is 2. The van der Waals surface area contributed by atoms with Crippen LogP contribution in [0.15, 0.2) is 24.3 Å². The molecule has 0 aliphatic carbocycles. The van der Waals surface area contributed by atoms with Gasteiger partial charge in [0.05, 0.1) is 36.3 Å². The Hall–Kier alpha value is -2.89. The Balaban J connectivity index is 1.36. The molecule has 2 aliphatic heterocycles. The number of nitrogens with zero attached hydrogens (tertiary/aromatic N) is 5. The van der Waals surface area contributed by atoms with Gasteiger partial charge in [-0.1, -0.05) is 17.4 Å². The standard InChI is InChI=1S/C21H21N5O2S/c1-27-17-3-2-4-18-19(17)24-21(29-18)26-8-6-25(7-9-26)20-14(12-22)11-15-13-28-10-5-16(15)23-20/h2-4,11H,5-10,13H2,1H3. The second-order valence-electron chi connectivity index (χ2n) is 7.16. The van der Waals surface area contributed by atoms with Crippen molar-refractivity contribution in [2.75, 3.05) is 49.7 Å². The van der Waals surface area contributed by atoms with Crippen molar-refractivity contribution in [2.24, 2.45) is 0 Å². The van der Waals surface area contributed by atoms with Gasteiger partial charge in [0.15, 0.2) is 5.13 Å². The minimum atomic E-state index is 0.548. The van der Waals surface area contributed by atoms with Crippen LogP contribution in [0.5, 0.6) is 5.75 Å². The van der Waals surface area contributed by atoms with Crippen molar-refractivity contribution in [3.8, 4) is 11.8 Å². The SMILES string of the molecule is COc1cccc2sc(N3CCN(c4nc5c(cc4C#N)COCC5)CC3)nc12. The van der Waals surface area contributed by atoms with E-state index in [9.17, 15) is 5.26 Å². The zero-order chi connectivity index (χ0) is 19.8. The van der Waals surface area contributed by atoms with Gasteiger partial charge in [0.25, 0.3) is 0 Å². The van der Waals surface area contributed by atoms with Crippen molar-refractivity contribution >= 4 is 32.5 Å². The molecule has 1 saturated heterocycles. The number of rotatable bonds is 3. The van der Waals surface area contributed by atoms with E-state index in [1.165, 1.54) is 0 Å². The van der Waals surface area contributed by atoms with Gasteiger partial charge in [0.2, 0.25) is 0 Å².